The van der Waals surface area contributed by atoms with Gasteiger partial charge in [-0.15, -0.1) is 0 Å². The summed E-state index contributed by atoms with van der Waals surface area (Å²) < 4.78 is 13.0. The third-order valence-electron chi connectivity index (χ3n) is 8.67. The highest BCUT2D eigenvalue weighted by molar-refractivity contribution is 6.07. The number of urea groups is 1. The Bertz CT molecular complexity index is 1600. The van der Waals surface area contributed by atoms with E-state index >= 15 is 0 Å². The van der Waals surface area contributed by atoms with Crippen molar-refractivity contribution in [2.24, 2.45) is 0 Å². The molecular weight excluding hydrogens is 552 g/mol. The van der Waals surface area contributed by atoms with E-state index in [2.05, 4.69) is 11.0 Å². The Morgan fingerprint density at radius 2 is 1.48 bits per heavy atom. The van der Waals surface area contributed by atoms with Gasteiger partial charge in [-0.3, -0.25) is 14.6 Å². The minimum absolute atomic E-state index is 0.107. The summed E-state index contributed by atoms with van der Waals surface area (Å²) in [4.78, 5) is 33.8. The van der Waals surface area contributed by atoms with Crippen LogP contribution in [-0.4, -0.2) is 70.6 Å². The van der Waals surface area contributed by atoms with Gasteiger partial charge in [-0.2, -0.15) is 0 Å². The van der Waals surface area contributed by atoms with Crippen molar-refractivity contribution in [1.29, 1.82) is 0 Å². The number of rotatable bonds is 10. The third kappa shape index (κ3) is 5.98. The number of benzene rings is 3. The molecule has 1 spiro atoms. The predicted molar refractivity (Wildman–Crippen MR) is 171 cm³/mol. The first-order chi connectivity index (χ1) is 21.5. The Morgan fingerprint density at radius 1 is 0.773 bits per heavy atom. The van der Waals surface area contributed by atoms with Crippen LogP contribution in [0.15, 0.2) is 103 Å². The molecule has 6 rings (SSSR count). The second-order valence-electron chi connectivity index (χ2n) is 11.4. The van der Waals surface area contributed by atoms with E-state index in [0.29, 0.717) is 39.0 Å². The van der Waals surface area contributed by atoms with E-state index in [4.69, 9.17) is 9.47 Å². The van der Waals surface area contributed by atoms with E-state index in [1.54, 1.807) is 14.2 Å². The van der Waals surface area contributed by atoms with E-state index in [1.807, 2.05) is 113 Å². The van der Waals surface area contributed by atoms with Gasteiger partial charge in [-0.1, -0.05) is 54.6 Å². The van der Waals surface area contributed by atoms with Gasteiger partial charge in [0, 0.05) is 56.9 Å². The van der Waals surface area contributed by atoms with Crippen molar-refractivity contribution in [3.63, 3.8) is 0 Å². The molecule has 8 nitrogen and oxygen atoms in total. The van der Waals surface area contributed by atoms with Crippen molar-refractivity contribution in [3.8, 4) is 17.2 Å². The van der Waals surface area contributed by atoms with Gasteiger partial charge in [0.25, 0.3) is 5.91 Å². The first kappa shape index (κ1) is 29.3. The Morgan fingerprint density at radius 3 is 2.16 bits per heavy atom. The molecule has 226 valence electrons. The number of carbonyl (C=O) groups is 2. The zero-order valence-corrected chi connectivity index (χ0v) is 25.3. The van der Waals surface area contributed by atoms with Gasteiger partial charge in [0.15, 0.2) is 0 Å². The Balaban J connectivity index is 1.24. The van der Waals surface area contributed by atoms with E-state index in [1.165, 1.54) is 4.90 Å². The Labute approximate surface area is 258 Å². The lowest BCUT2D eigenvalue weighted by Crippen LogP contribution is -2.56. The standard InChI is InChI=1S/C36H38N4O4/c1-43-32-23-30(24-33(25-32)44-2)26-37-20-15-36(16-21-37)34(41)39(19-9-13-28-10-4-3-5-11-28)35(42)40(36)27-29-12-8-14-31(22-29)38-17-6-7-18-38/h3-14,17-18,22-25H,15-16,19-21,26-27H2,1-2H3. The molecule has 0 atom stereocenters. The van der Waals surface area contributed by atoms with Crippen LogP contribution in [0.4, 0.5) is 4.79 Å². The van der Waals surface area contributed by atoms with Crippen LogP contribution < -0.4 is 9.47 Å². The zero-order chi connectivity index (χ0) is 30.5. The van der Waals surface area contributed by atoms with Crippen LogP contribution in [0.1, 0.15) is 29.5 Å². The summed E-state index contributed by atoms with van der Waals surface area (Å²) in [7, 11) is 3.30. The van der Waals surface area contributed by atoms with Gasteiger partial charge < -0.3 is 18.9 Å². The van der Waals surface area contributed by atoms with Crippen LogP contribution in [0.5, 0.6) is 11.5 Å². The maximum absolute atomic E-state index is 14.2. The van der Waals surface area contributed by atoms with Crippen molar-refractivity contribution in [1.82, 2.24) is 19.3 Å². The van der Waals surface area contributed by atoms with Crippen LogP contribution in [0, 0.1) is 0 Å². The lowest BCUT2D eigenvalue weighted by atomic mass is 9.85. The van der Waals surface area contributed by atoms with Crippen LogP contribution in [0.25, 0.3) is 11.8 Å². The fraction of sp³-hybridized carbons (Fsp3) is 0.278. The molecule has 0 saturated carbocycles. The summed E-state index contributed by atoms with van der Waals surface area (Å²) >= 11 is 0. The third-order valence-corrected chi connectivity index (χ3v) is 8.67. The molecule has 44 heavy (non-hydrogen) atoms. The summed E-state index contributed by atoms with van der Waals surface area (Å²) in [5.74, 6) is 1.39. The van der Waals surface area contributed by atoms with Crippen LogP contribution >= 0.6 is 0 Å². The van der Waals surface area contributed by atoms with Gasteiger partial charge >= 0.3 is 6.03 Å². The maximum Gasteiger partial charge on any atom is 0.328 e. The fourth-order valence-corrected chi connectivity index (χ4v) is 6.31. The number of piperidine rings is 1. The number of imide groups is 1. The van der Waals surface area contributed by atoms with Crippen molar-refractivity contribution in [2.75, 3.05) is 33.9 Å². The minimum Gasteiger partial charge on any atom is -0.497 e. The molecule has 3 amide bonds. The van der Waals surface area contributed by atoms with E-state index < -0.39 is 5.54 Å². The lowest BCUT2D eigenvalue weighted by Gasteiger charge is -2.42. The maximum atomic E-state index is 14.2. The number of hydrogen-bond acceptors (Lipinski definition) is 5. The second-order valence-corrected chi connectivity index (χ2v) is 11.4. The van der Waals surface area contributed by atoms with Crippen molar-refractivity contribution < 1.29 is 19.1 Å². The monoisotopic (exact) mass is 590 g/mol. The quantitative estimate of drug-likeness (QED) is 0.212. The molecule has 1 aromatic heterocycles. The minimum atomic E-state index is -0.885. The molecule has 0 unspecified atom stereocenters. The molecule has 2 aliphatic heterocycles. The number of nitrogens with zero attached hydrogens (tertiary/aromatic N) is 4. The summed E-state index contributed by atoms with van der Waals surface area (Å²) in [6, 6.07) is 27.7. The van der Waals surface area contributed by atoms with E-state index in [9.17, 15) is 9.59 Å². The van der Waals surface area contributed by atoms with Crippen molar-refractivity contribution >= 4 is 18.0 Å². The summed E-state index contributed by atoms with van der Waals surface area (Å²) in [6.45, 7) is 2.68. The smallest absolute Gasteiger partial charge is 0.328 e. The predicted octanol–water partition coefficient (Wildman–Crippen LogP) is 6.01. The Kier molecular flexibility index (Phi) is 8.52. The molecular formula is C36H38N4O4. The van der Waals surface area contributed by atoms with Gasteiger partial charge in [0.2, 0.25) is 0 Å². The number of carbonyl (C=O) groups excluding carboxylic acids is 2. The molecule has 0 bridgehead atoms. The molecule has 0 radical (unpaired) electrons. The highest BCUT2D eigenvalue weighted by Crippen LogP contribution is 2.39. The summed E-state index contributed by atoms with van der Waals surface area (Å²) in [6.07, 6.45) is 8.99. The van der Waals surface area contributed by atoms with Crippen LogP contribution in [0.2, 0.25) is 0 Å². The highest BCUT2D eigenvalue weighted by atomic mass is 16.5. The van der Waals surface area contributed by atoms with Gasteiger partial charge in [0.05, 0.1) is 14.2 Å². The van der Waals surface area contributed by atoms with Crippen LogP contribution in [0.3, 0.4) is 0 Å². The Hall–Kier alpha value is -4.82. The van der Waals surface area contributed by atoms with Crippen molar-refractivity contribution in [2.45, 2.75) is 31.5 Å². The average Bonchev–Trinajstić information content (AvgIpc) is 3.66. The number of ether oxygens (including phenoxy) is 2. The normalized spacial score (nSPS) is 16.8. The first-order valence-electron chi connectivity index (χ1n) is 15.0. The zero-order valence-electron chi connectivity index (χ0n) is 25.3. The second kappa shape index (κ2) is 12.8. The number of hydrogen-bond donors (Lipinski definition) is 0. The molecule has 2 saturated heterocycles. The average molecular weight is 591 g/mol. The highest BCUT2D eigenvalue weighted by Gasteiger charge is 2.57. The van der Waals surface area contributed by atoms with Crippen molar-refractivity contribution in [3.05, 3.63) is 120 Å². The molecule has 0 N–H and O–H groups in total. The fourth-order valence-electron chi connectivity index (χ4n) is 6.31. The molecule has 2 aliphatic rings. The first-order valence-corrected chi connectivity index (χ1v) is 15.0. The lowest BCUT2D eigenvalue weighted by molar-refractivity contribution is -0.135. The van der Waals surface area contributed by atoms with Crippen LogP contribution in [-0.2, 0) is 17.9 Å². The van der Waals surface area contributed by atoms with E-state index in [0.717, 1.165) is 33.9 Å². The molecule has 3 aromatic carbocycles. The summed E-state index contributed by atoms with van der Waals surface area (Å²) in [5.41, 5.74) is 3.23. The molecule has 2 fully saturated rings. The molecule has 3 heterocycles. The topological polar surface area (TPSA) is 67.2 Å². The van der Waals surface area contributed by atoms with E-state index in [-0.39, 0.29) is 18.5 Å². The summed E-state index contributed by atoms with van der Waals surface area (Å²) in [5, 5.41) is 0. The number of likely N-dealkylation sites (tertiary alicyclic amines) is 1. The van der Waals surface area contributed by atoms with Gasteiger partial charge in [-0.05, 0) is 65.9 Å². The van der Waals surface area contributed by atoms with Gasteiger partial charge in [0.1, 0.15) is 17.0 Å². The SMILES string of the molecule is COc1cc(CN2CCC3(CC2)C(=O)N(CC=Cc2ccccc2)C(=O)N3Cc2cccc(-n3cccc3)c2)cc(OC)c1. The largest absolute Gasteiger partial charge is 0.497 e. The number of amides is 3. The molecule has 8 heteroatoms. The van der Waals surface area contributed by atoms with Gasteiger partial charge in [-0.25, -0.2) is 4.79 Å². The number of methoxy groups -OCH3 is 2. The number of aromatic nitrogens is 1. The molecule has 4 aromatic rings. The molecule has 0 aliphatic carbocycles.